The number of rotatable bonds is 4. The molecule has 0 bridgehead atoms. The quantitative estimate of drug-likeness (QED) is 0.709. The molecule has 2 aromatic rings. The van der Waals surface area contributed by atoms with Gasteiger partial charge >= 0.3 is 0 Å². The lowest BCUT2D eigenvalue weighted by Crippen LogP contribution is -2.49. The number of amides is 2. The molecule has 3 N–H and O–H groups in total. The summed E-state index contributed by atoms with van der Waals surface area (Å²) in [5.74, 6) is -0.720. The van der Waals surface area contributed by atoms with Gasteiger partial charge in [-0.05, 0) is 31.4 Å². The molecule has 1 aromatic heterocycles. The van der Waals surface area contributed by atoms with Gasteiger partial charge in [-0.1, -0.05) is 50.0 Å². The van der Waals surface area contributed by atoms with Gasteiger partial charge in [0.2, 0.25) is 5.91 Å². The van der Waals surface area contributed by atoms with Crippen LogP contribution in [0.1, 0.15) is 63.1 Å². The lowest BCUT2D eigenvalue weighted by molar-refractivity contribution is -0.137. The Morgan fingerprint density at radius 3 is 2.35 bits per heavy atom. The second kappa shape index (κ2) is 8.11. The van der Waals surface area contributed by atoms with Gasteiger partial charge in [-0.3, -0.25) is 14.3 Å². The van der Waals surface area contributed by atoms with Crippen LogP contribution in [-0.4, -0.2) is 43.7 Å². The molecule has 2 amide bonds. The first-order chi connectivity index (χ1) is 14.2. The predicted molar refractivity (Wildman–Crippen MR) is 121 cm³/mol. The molecule has 9 heteroatoms. The maximum Gasteiger partial charge on any atom is 0.252 e. The number of benzene rings is 1. The average molecular weight is 467 g/mol. The molecule has 1 unspecified atom stereocenters. The Kier molecular flexibility index (Phi) is 6.17. The average Bonchev–Trinajstić information content (AvgIpc) is 3.00. The van der Waals surface area contributed by atoms with Crippen LogP contribution in [0.4, 0.5) is 0 Å². The molecular weight excluding hydrogens is 439 g/mol. The van der Waals surface area contributed by atoms with Crippen LogP contribution in [0.3, 0.4) is 0 Å². The normalized spacial score (nSPS) is 16.9. The predicted octanol–water partition coefficient (Wildman–Crippen LogP) is 4.05. The maximum atomic E-state index is 13.0. The lowest BCUT2D eigenvalue weighted by atomic mass is 9.90. The number of primary amides is 1. The van der Waals surface area contributed by atoms with Gasteiger partial charge in [-0.2, -0.15) is 5.10 Å². The van der Waals surface area contributed by atoms with Gasteiger partial charge in [0.05, 0.1) is 39.5 Å². The van der Waals surface area contributed by atoms with E-state index in [2.05, 4.69) is 5.10 Å². The van der Waals surface area contributed by atoms with Crippen LogP contribution in [0, 0.1) is 5.41 Å². The zero-order valence-corrected chi connectivity index (χ0v) is 19.9. The van der Waals surface area contributed by atoms with Crippen LogP contribution in [0.15, 0.2) is 18.2 Å². The summed E-state index contributed by atoms with van der Waals surface area (Å²) in [4.78, 5) is 27.2. The summed E-state index contributed by atoms with van der Waals surface area (Å²) in [6, 6.07) is 4.38. The van der Waals surface area contributed by atoms with Crippen molar-refractivity contribution in [1.29, 1.82) is 0 Å². The van der Waals surface area contributed by atoms with E-state index >= 15 is 0 Å². The highest BCUT2D eigenvalue weighted by Gasteiger charge is 2.41. The third-order valence-corrected chi connectivity index (χ3v) is 6.07. The molecule has 7 nitrogen and oxygen atoms in total. The Morgan fingerprint density at radius 1 is 1.19 bits per heavy atom. The van der Waals surface area contributed by atoms with E-state index in [4.69, 9.17) is 28.9 Å². The smallest absolute Gasteiger partial charge is 0.252 e. The summed E-state index contributed by atoms with van der Waals surface area (Å²) >= 11 is 12.2. The summed E-state index contributed by atoms with van der Waals surface area (Å²) in [5.41, 5.74) is 5.98. The summed E-state index contributed by atoms with van der Waals surface area (Å²) < 4.78 is 1.62. The van der Waals surface area contributed by atoms with E-state index in [9.17, 15) is 14.7 Å². The van der Waals surface area contributed by atoms with Gasteiger partial charge < -0.3 is 15.7 Å². The minimum Gasteiger partial charge on any atom is -0.388 e. The Labute approximate surface area is 192 Å². The van der Waals surface area contributed by atoms with Crippen LogP contribution in [-0.2, 0) is 11.3 Å². The summed E-state index contributed by atoms with van der Waals surface area (Å²) in [6.45, 7) is 9.73. The molecule has 0 aliphatic carbocycles. The molecule has 1 aromatic carbocycles. The van der Waals surface area contributed by atoms with Crippen LogP contribution >= 0.6 is 23.2 Å². The Balaban J connectivity index is 2.17. The molecule has 1 atom stereocenters. The number of aromatic nitrogens is 2. The van der Waals surface area contributed by atoms with Gasteiger partial charge in [0.25, 0.3) is 5.91 Å². The van der Waals surface area contributed by atoms with E-state index in [1.807, 2.05) is 20.8 Å². The van der Waals surface area contributed by atoms with E-state index < -0.39 is 17.6 Å². The molecular formula is C22H28Cl2N4O3. The number of nitrogens with two attached hydrogens (primary N) is 1. The monoisotopic (exact) mass is 466 g/mol. The zero-order valence-electron chi connectivity index (χ0n) is 18.4. The maximum absolute atomic E-state index is 13.0. The molecule has 0 saturated heterocycles. The zero-order chi connectivity index (χ0) is 23.3. The van der Waals surface area contributed by atoms with Gasteiger partial charge in [0, 0.05) is 18.5 Å². The largest absolute Gasteiger partial charge is 0.388 e. The molecule has 2 heterocycles. The lowest BCUT2D eigenvalue weighted by Gasteiger charge is -2.40. The second-order valence-corrected chi connectivity index (χ2v) is 10.6. The minimum atomic E-state index is -1.20. The fourth-order valence-electron chi connectivity index (χ4n) is 3.79. The number of carbonyl (C=O) groups is 2. The van der Waals surface area contributed by atoms with E-state index in [0.29, 0.717) is 33.4 Å². The van der Waals surface area contributed by atoms with Crippen molar-refractivity contribution in [2.24, 2.45) is 11.1 Å². The molecule has 1 aliphatic rings. The van der Waals surface area contributed by atoms with Crippen LogP contribution in [0.5, 0.6) is 0 Å². The van der Waals surface area contributed by atoms with Crippen molar-refractivity contribution in [3.8, 4) is 11.3 Å². The molecule has 31 heavy (non-hydrogen) atoms. The van der Waals surface area contributed by atoms with E-state index in [1.54, 1.807) is 41.6 Å². The second-order valence-electron chi connectivity index (χ2n) is 9.79. The van der Waals surface area contributed by atoms with Gasteiger partial charge in [0.15, 0.2) is 0 Å². The van der Waals surface area contributed by atoms with Gasteiger partial charge in [-0.15, -0.1) is 0 Å². The number of hydrogen-bond acceptors (Lipinski definition) is 4. The molecule has 0 radical (unpaired) electrons. The standard InChI is InChI=1S/C22H28Cl2N4O3/c1-21(2,3)9-17(29)27-10-15-18(20(25)30)19(12-6-7-13(23)14(24)8-12)26-28(15)16(11-27)22(4,5)31/h6-8,16,31H,9-11H2,1-5H3,(H2,25,30). The highest BCUT2D eigenvalue weighted by Crippen LogP contribution is 2.37. The fourth-order valence-corrected chi connectivity index (χ4v) is 4.09. The van der Waals surface area contributed by atoms with Crippen molar-refractivity contribution < 1.29 is 14.7 Å². The summed E-state index contributed by atoms with van der Waals surface area (Å²) in [6.07, 6.45) is 0.339. The van der Waals surface area contributed by atoms with Crippen LogP contribution in [0.25, 0.3) is 11.3 Å². The van der Waals surface area contributed by atoms with Gasteiger partial charge in [0.1, 0.15) is 5.69 Å². The topological polar surface area (TPSA) is 101 Å². The minimum absolute atomic E-state index is 0.0549. The first-order valence-corrected chi connectivity index (χ1v) is 10.8. The third kappa shape index (κ3) is 4.89. The number of halogens is 2. The number of hydrogen-bond donors (Lipinski definition) is 2. The van der Waals surface area contributed by atoms with E-state index in [-0.39, 0.29) is 30.0 Å². The Morgan fingerprint density at radius 2 is 1.84 bits per heavy atom. The Bertz CT molecular complexity index is 1030. The summed E-state index contributed by atoms with van der Waals surface area (Å²) in [5, 5.41) is 16.2. The van der Waals surface area contributed by atoms with Crippen molar-refractivity contribution >= 4 is 35.0 Å². The third-order valence-electron chi connectivity index (χ3n) is 5.33. The number of carbonyl (C=O) groups excluding carboxylic acids is 2. The highest BCUT2D eigenvalue weighted by molar-refractivity contribution is 6.42. The Hall–Kier alpha value is -2.09. The van der Waals surface area contributed by atoms with Crippen LogP contribution in [0.2, 0.25) is 10.0 Å². The van der Waals surface area contributed by atoms with E-state index in [0.717, 1.165) is 0 Å². The number of aliphatic hydroxyl groups is 1. The molecule has 0 spiro atoms. The SMILES string of the molecule is CC(C)(C)CC(=O)N1Cc2c(C(N)=O)c(-c3ccc(Cl)c(Cl)c3)nn2C(C(C)(C)O)C1. The van der Waals surface area contributed by atoms with Crippen molar-refractivity contribution in [2.45, 2.75) is 59.2 Å². The highest BCUT2D eigenvalue weighted by atomic mass is 35.5. The van der Waals surface area contributed by atoms with Gasteiger partial charge in [-0.25, -0.2) is 0 Å². The summed E-state index contributed by atoms with van der Waals surface area (Å²) in [7, 11) is 0. The molecule has 1 aliphatic heterocycles. The molecule has 0 saturated carbocycles. The number of fused-ring (bicyclic) bond motifs is 1. The van der Waals surface area contributed by atoms with Crippen molar-refractivity contribution in [2.75, 3.05) is 6.54 Å². The molecule has 168 valence electrons. The fraction of sp³-hybridized carbons (Fsp3) is 0.500. The number of nitrogens with zero attached hydrogens (tertiary/aromatic N) is 3. The van der Waals surface area contributed by atoms with E-state index in [1.165, 1.54) is 0 Å². The van der Waals surface area contributed by atoms with Crippen molar-refractivity contribution in [1.82, 2.24) is 14.7 Å². The first kappa shape index (κ1) is 23.6. The van der Waals surface area contributed by atoms with Crippen molar-refractivity contribution in [3.63, 3.8) is 0 Å². The molecule has 3 rings (SSSR count). The van der Waals surface area contributed by atoms with Crippen molar-refractivity contribution in [3.05, 3.63) is 39.5 Å². The van der Waals surface area contributed by atoms with Crippen LogP contribution < -0.4 is 5.73 Å². The first-order valence-electron chi connectivity index (χ1n) is 10.1. The molecule has 0 fully saturated rings.